The number of rotatable bonds is 3. The second-order valence-electron chi connectivity index (χ2n) is 4.43. The molecule has 0 fully saturated rings. The Morgan fingerprint density at radius 1 is 1.33 bits per heavy atom. The molecule has 1 amide bonds. The van der Waals surface area contributed by atoms with Crippen molar-refractivity contribution in [3.05, 3.63) is 29.3 Å². The average molecular weight is 304 g/mol. The van der Waals surface area contributed by atoms with Crippen LogP contribution in [0.1, 0.15) is 28.9 Å². The first-order valence-corrected chi connectivity index (χ1v) is 5.91. The molecule has 1 aromatic rings. The van der Waals surface area contributed by atoms with Gasteiger partial charge in [-0.2, -0.15) is 13.2 Å². The molecule has 1 aromatic carbocycles. The first kappa shape index (κ1) is 16.8. The van der Waals surface area contributed by atoms with Crippen molar-refractivity contribution >= 4 is 17.6 Å². The molecule has 0 bridgehead atoms. The number of hydrogen-bond donors (Lipinski definition) is 1. The summed E-state index contributed by atoms with van der Waals surface area (Å²) in [6, 6.07) is 3.17. The molecule has 0 aliphatic rings. The van der Waals surface area contributed by atoms with Crippen LogP contribution in [-0.4, -0.2) is 37.1 Å². The fraction of sp³-hybridized carbons (Fsp3) is 0.385. The van der Waals surface area contributed by atoms with Crippen molar-refractivity contribution in [1.82, 2.24) is 4.90 Å². The lowest BCUT2D eigenvalue weighted by molar-refractivity contribution is -0.186. The van der Waals surface area contributed by atoms with E-state index in [2.05, 4.69) is 4.74 Å². The summed E-state index contributed by atoms with van der Waals surface area (Å²) in [5, 5.41) is 0. The summed E-state index contributed by atoms with van der Waals surface area (Å²) in [6.45, 7) is 1.41. The third-order valence-corrected chi connectivity index (χ3v) is 3.10. The van der Waals surface area contributed by atoms with E-state index in [-0.39, 0.29) is 11.3 Å². The smallest absolute Gasteiger partial charge is 0.465 e. The molecule has 0 aliphatic carbocycles. The molecule has 1 rings (SSSR count). The molecule has 116 valence electrons. The largest absolute Gasteiger partial charge is 0.471 e. The van der Waals surface area contributed by atoms with Crippen LogP contribution >= 0.6 is 0 Å². The van der Waals surface area contributed by atoms with Gasteiger partial charge in [-0.1, -0.05) is 6.07 Å². The molecule has 0 saturated carbocycles. The molecule has 0 spiro atoms. The molecular weight excluding hydrogens is 289 g/mol. The standard InChI is InChI=1S/C13H15F3N2O3/c1-7(18(2)12(20)13(14,15)16)9-5-4-8(6-10(9)17)11(19)21-3/h4-7H,17H2,1-3H3/t7-/m1/s1. The Balaban J connectivity index is 3.06. The average Bonchev–Trinajstić information content (AvgIpc) is 2.42. The van der Waals surface area contributed by atoms with Crippen molar-refractivity contribution in [3.63, 3.8) is 0 Å². The van der Waals surface area contributed by atoms with Gasteiger partial charge in [-0.15, -0.1) is 0 Å². The predicted octanol–water partition coefficient (Wildman–Crippen LogP) is 2.14. The highest BCUT2D eigenvalue weighted by Gasteiger charge is 2.42. The summed E-state index contributed by atoms with van der Waals surface area (Å²) in [4.78, 5) is 23.1. The Labute approximate surface area is 119 Å². The molecule has 5 nitrogen and oxygen atoms in total. The Kier molecular flexibility index (Phi) is 4.82. The van der Waals surface area contributed by atoms with Crippen molar-refractivity contribution in [2.24, 2.45) is 0 Å². The summed E-state index contributed by atoms with van der Waals surface area (Å²) >= 11 is 0. The molecule has 0 radical (unpaired) electrons. The predicted molar refractivity (Wildman–Crippen MR) is 69.4 cm³/mol. The summed E-state index contributed by atoms with van der Waals surface area (Å²) in [6.07, 6.45) is -4.95. The number of alkyl halides is 3. The monoisotopic (exact) mass is 304 g/mol. The highest BCUT2D eigenvalue weighted by molar-refractivity contribution is 5.90. The van der Waals surface area contributed by atoms with Gasteiger partial charge in [0.2, 0.25) is 0 Å². The number of methoxy groups -OCH3 is 1. The van der Waals surface area contributed by atoms with E-state index in [4.69, 9.17) is 5.73 Å². The number of halogens is 3. The van der Waals surface area contributed by atoms with E-state index in [9.17, 15) is 22.8 Å². The molecule has 8 heteroatoms. The summed E-state index contributed by atoms with van der Waals surface area (Å²) in [5.41, 5.74) is 6.32. The highest BCUT2D eigenvalue weighted by atomic mass is 19.4. The fourth-order valence-corrected chi connectivity index (χ4v) is 1.78. The van der Waals surface area contributed by atoms with E-state index < -0.39 is 24.1 Å². The van der Waals surface area contributed by atoms with Gasteiger partial charge in [0.25, 0.3) is 0 Å². The van der Waals surface area contributed by atoms with Gasteiger partial charge in [0.15, 0.2) is 0 Å². The third-order valence-electron chi connectivity index (χ3n) is 3.10. The van der Waals surface area contributed by atoms with E-state index in [0.717, 1.165) is 7.05 Å². The number of anilines is 1. The van der Waals surface area contributed by atoms with Crippen LogP contribution in [0.4, 0.5) is 18.9 Å². The number of nitrogens with zero attached hydrogens (tertiary/aromatic N) is 1. The molecule has 0 unspecified atom stereocenters. The van der Waals surface area contributed by atoms with Crippen molar-refractivity contribution < 1.29 is 27.5 Å². The molecule has 2 N–H and O–H groups in total. The number of hydrogen-bond acceptors (Lipinski definition) is 4. The lowest BCUT2D eigenvalue weighted by Crippen LogP contribution is -2.40. The van der Waals surface area contributed by atoms with Crippen molar-refractivity contribution in [1.29, 1.82) is 0 Å². The lowest BCUT2D eigenvalue weighted by Gasteiger charge is -2.27. The SMILES string of the molecule is COC(=O)c1ccc([C@@H](C)N(C)C(=O)C(F)(F)F)c(N)c1. The van der Waals surface area contributed by atoms with Crippen LogP contribution in [-0.2, 0) is 9.53 Å². The van der Waals surface area contributed by atoms with Crippen LogP contribution in [0.5, 0.6) is 0 Å². The van der Waals surface area contributed by atoms with Crippen LogP contribution in [0.2, 0.25) is 0 Å². The van der Waals surface area contributed by atoms with Crippen molar-refractivity contribution in [3.8, 4) is 0 Å². The zero-order chi connectivity index (χ0) is 16.4. The fourth-order valence-electron chi connectivity index (χ4n) is 1.78. The maximum Gasteiger partial charge on any atom is 0.471 e. The number of ether oxygens (including phenoxy) is 1. The second-order valence-corrected chi connectivity index (χ2v) is 4.43. The topological polar surface area (TPSA) is 72.6 Å². The second kappa shape index (κ2) is 6.02. The van der Waals surface area contributed by atoms with Crippen molar-refractivity contribution in [2.75, 3.05) is 19.9 Å². The van der Waals surface area contributed by atoms with Crippen LogP contribution in [0.25, 0.3) is 0 Å². The van der Waals surface area contributed by atoms with E-state index in [0.29, 0.717) is 10.5 Å². The Morgan fingerprint density at radius 2 is 1.90 bits per heavy atom. The first-order chi connectivity index (χ1) is 9.59. The van der Waals surface area contributed by atoms with Gasteiger partial charge in [-0.05, 0) is 24.6 Å². The minimum atomic E-state index is -4.95. The maximum atomic E-state index is 12.4. The highest BCUT2D eigenvalue weighted by Crippen LogP contribution is 2.29. The summed E-state index contributed by atoms with van der Waals surface area (Å²) < 4.78 is 41.7. The van der Waals surface area contributed by atoms with Crippen molar-refractivity contribution in [2.45, 2.75) is 19.1 Å². The van der Waals surface area contributed by atoms with Crippen LogP contribution in [0.15, 0.2) is 18.2 Å². The Hall–Kier alpha value is -2.25. The van der Waals surface area contributed by atoms with Gasteiger partial charge in [-0.25, -0.2) is 4.79 Å². The van der Waals surface area contributed by atoms with Gasteiger partial charge < -0.3 is 15.4 Å². The number of benzene rings is 1. The minimum absolute atomic E-state index is 0.104. The number of amides is 1. The van der Waals surface area contributed by atoms with E-state index in [1.807, 2.05) is 0 Å². The maximum absolute atomic E-state index is 12.4. The zero-order valence-corrected chi connectivity index (χ0v) is 11.7. The van der Waals surface area contributed by atoms with Gasteiger partial charge in [-0.3, -0.25) is 4.79 Å². The van der Waals surface area contributed by atoms with Gasteiger partial charge in [0, 0.05) is 12.7 Å². The molecule has 0 aromatic heterocycles. The van der Waals surface area contributed by atoms with Gasteiger partial charge in [0.05, 0.1) is 18.7 Å². The number of nitrogen functional groups attached to an aromatic ring is 1. The quantitative estimate of drug-likeness (QED) is 0.686. The molecule has 0 saturated heterocycles. The number of esters is 1. The molecule has 21 heavy (non-hydrogen) atoms. The molecule has 0 heterocycles. The van der Waals surface area contributed by atoms with Crippen LogP contribution in [0.3, 0.4) is 0 Å². The third kappa shape index (κ3) is 3.65. The van der Waals surface area contributed by atoms with Crippen LogP contribution < -0.4 is 5.73 Å². The van der Waals surface area contributed by atoms with E-state index in [1.165, 1.54) is 32.2 Å². The van der Waals surface area contributed by atoms with E-state index in [1.54, 1.807) is 0 Å². The zero-order valence-electron chi connectivity index (χ0n) is 11.7. The Morgan fingerprint density at radius 3 is 2.33 bits per heavy atom. The van der Waals surface area contributed by atoms with Crippen LogP contribution in [0, 0.1) is 0 Å². The molecule has 0 aliphatic heterocycles. The van der Waals surface area contributed by atoms with E-state index >= 15 is 0 Å². The molecular formula is C13H15F3N2O3. The summed E-state index contributed by atoms with van der Waals surface area (Å²) in [7, 11) is 2.24. The van der Waals surface area contributed by atoms with Gasteiger partial charge >= 0.3 is 18.1 Å². The number of nitrogens with two attached hydrogens (primary N) is 1. The van der Waals surface area contributed by atoms with Gasteiger partial charge in [0.1, 0.15) is 0 Å². The normalized spacial score (nSPS) is 12.7. The lowest BCUT2D eigenvalue weighted by atomic mass is 10.0. The molecule has 1 atom stereocenters. The number of carbonyl (C=O) groups is 2. The first-order valence-electron chi connectivity index (χ1n) is 5.91. The minimum Gasteiger partial charge on any atom is -0.465 e. The summed E-state index contributed by atoms with van der Waals surface area (Å²) in [5.74, 6) is -2.58. The Bertz CT molecular complexity index is 558. The number of carbonyl (C=O) groups excluding carboxylic acids is 2.